The van der Waals surface area contributed by atoms with Crippen molar-refractivity contribution in [1.29, 1.82) is 0 Å². The Kier molecular flexibility index (Phi) is 13.8. The second kappa shape index (κ2) is 15.4. The second-order valence-corrected chi connectivity index (χ2v) is 8.76. The third-order valence-corrected chi connectivity index (χ3v) is 5.93. The van der Waals surface area contributed by atoms with Gasteiger partial charge in [-0.2, -0.15) is 0 Å². The van der Waals surface area contributed by atoms with E-state index in [1.165, 1.54) is 25.7 Å². The fraction of sp³-hybridized carbons (Fsp3) is 0.667. The zero-order valence-electron chi connectivity index (χ0n) is 20.2. The quantitative estimate of drug-likeness (QED) is 0.208. The maximum absolute atomic E-state index is 12.4. The van der Waals surface area contributed by atoms with Gasteiger partial charge >= 0.3 is 0 Å². The molecule has 0 bridgehead atoms. The molecule has 8 heteroatoms. The largest absolute Gasteiger partial charge is 0.385 e. The molecule has 2 rings (SSSR count). The summed E-state index contributed by atoms with van der Waals surface area (Å²) in [6.07, 6.45) is 6.16. The van der Waals surface area contributed by atoms with Gasteiger partial charge in [-0.05, 0) is 63.4 Å². The predicted molar refractivity (Wildman–Crippen MR) is 143 cm³/mol. The van der Waals surface area contributed by atoms with Crippen LogP contribution in [0.3, 0.4) is 0 Å². The van der Waals surface area contributed by atoms with Crippen LogP contribution in [-0.4, -0.2) is 70.8 Å². The van der Waals surface area contributed by atoms with E-state index in [4.69, 9.17) is 9.73 Å². The first kappa shape index (κ1) is 28.6. The first-order chi connectivity index (χ1) is 15.0. The molecule has 1 fully saturated rings. The summed E-state index contributed by atoms with van der Waals surface area (Å²) in [5, 5.41) is 9.87. The number of carbonyl (C=O) groups is 1. The summed E-state index contributed by atoms with van der Waals surface area (Å²) in [5.41, 5.74) is 2.00. The fourth-order valence-electron chi connectivity index (χ4n) is 4.05. The summed E-state index contributed by atoms with van der Waals surface area (Å²) in [5.74, 6) is 0.783. The molecule has 3 N–H and O–H groups in total. The Morgan fingerprint density at radius 3 is 2.59 bits per heavy atom. The highest BCUT2D eigenvalue weighted by Gasteiger charge is 2.33. The van der Waals surface area contributed by atoms with Crippen LogP contribution in [0.5, 0.6) is 0 Å². The third kappa shape index (κ3) is 10.0. The van der Waals surface area contributed by atoms with Gasteiger partial charge in [0.25, 0.3) is 5.91 Å². The Bertz CT molecular complexity index is 705. The zero-order valence-corrected chi connectivity index (χ0v) is 22.5. The molecule has 1 amide bonds. The number of rotatable bonds is 12. The van der Waals surface area contributed by atoms with E-state index in [9.17, 15) is 4.79 Å². The monoisotopic (exact) mass is 559 g/mol. The van der Waals surface area contributed by atoms with E-state index >= 15 is 0 Å². The van der Waals surface area contributed by atoms with Crippen LogP contribution >= 0.6 is 24.0 Å². The van der Waals surface area contributed by atoms with Gasteiger partial charge in [0.2, 0.25) is 0 Å². The summed E-state index contributed by atoms with van der Waals surface area (Å²) in [6, 6.07) is 7.71. The summed E-state index contributed by atoms with van der Waals surface area (Å²) in [7, 11) is 5.76. The minimum Gasteiger partial charge on any atom is -0.385 e. The summed E-state index contributed by atoms with van der Waals surface area (Å²) < 4.78 is 5.35. The smallest absolute Gasteiger partial charge is 0.251 e. The molecule has 0 unspecified atom stereocenters. The highest BCUT2D eigenvalue weighted by Crippen LogP contribution is 2.40. The van der Waals surface area contributed by atoms with Gasteiger partial charge in [0.15, 0.2) is 5.96 Å². The van der Waals surface area contributed by atoms with Gasteiger partial charge in [0.05, 0.1) is 6.54 Å². The first-order valence-corrected chi connectivity index (χ1v) is 11.5. The van der Waals surface area contributed by atoms with Crippen molar-refractivity contribution in [3.05, 3.63) is 35.4 Å². The van der Waals surface area contributed by atoms with Gasteiger partial charge in [-0.25, -0.2) is 4.99 Å². The molecule has 1 saturated carbocycles. The van der Waals surface area contributed by atoms with Crippen LogP contribution in [0.2, 0.25) is 0 Å². The molecule has 1 aliphatic carbocycles. The summed E-state index contributed by atoms with van der Waals surface area (Å²) >= 11 is 0. The van der Waals surface area contributed by atoms with Crippen molar-refractivity contribution >= 4 is 35.8 Å². The molecule has 1 aromatic rings. The van der Waals surface area contributed by atoms with Crippen molar-refractivity contribution in [2.75, 3.05) is 54.0 Å². The van der Waals surface area contributed by atoms with E-state index in [2.05, 4.69) is 22.9 Å². The lowest BCUT2D eigenvalue weighted by Crippen LogP contribution is -2.43. The van der Waals surface area contributed by atoms with E-state index in [0.717, 1.165) is 44.2 Å². The van der Waals surface area contributed by atoms with E-state index in [1.807, 2.05) is 43.3 Å². The molecular weight excluding hydrogens is 517 g/mol. The summed E-state index contributed by atoms with van der Waals surface area (Å²) in [6.45, 7) is 6.58. The van der Waals surface area contributed by atoms with E-state index in [-0.39, 0.29) is 29.9 Å². The maximum atomic E-state index is 12.4. The van der Waals surface area contributed by atoms with Crippen LogP contribution in [-0.2, 0) is 11.3 Å². The van der Waals surface area contributed by atoms with Gasteiger partial charge in [0.1, 0.15) is 0 Å². The van der Waals surface area contributed by atoms with Crippen molar-refractivity contribution in [3.8, 4) is 0 Å². The van der Waals surface area contributed by atoms with Crippen LogP contribution in [0.4, 0.5) is 0 Å². The molecule has 32 heavy (non-hydrogen) atoms. The van der Waals surface area contributed by atoms with Gasteiger partial charge in [0, 0.05) is 45.5 Å². The SMILES string of the molecule is CCNC(=NCc1cccc(C(=O)NCCN(C)C)c1)NCC1(CCOC)CCCC1.I. The third-order valence-electron chi connectivity index (χ3n) is 5.93. The van der Waals surface area contributed by atoms with Crippen LogP contribution < -0.4 is 16.0 Å². The van der Waals surface area contributed by atoms with Crippen molar-refractivity contribution in [3.63, 3.8) is 0 Å². The molecule has 0 spiro atoms. The molecule has 0 saturated heterocycles. The molecule has 1 aromatic carbocycles. The first-order valence-electron chi connectivity index (χ1n) is 11.5. The number of likely N-dealkylation sites (N-methyl/N-ethyl adjacent to an activating group) is 1. The lowest BCUT2D eigenvalue weighted by molar-refractivity contribution is 0.0951. The molecule has 7 nitrogen and oxygen atoms in total. The Morgan fingerprint density at radius 2 is 1.94 bits per heavy atom. The van der Waals surface area contributed by atoms with E-state index in [1.54, 1.807) is 7.11 Å². The van der Waals surface area contributed by atoms with Crippen molar-refractivity contribution in [1.82, 2.24) is 20.9 Å². The number of hydrogen-bond acceptors (Lipinski definition) is 4. The molecule has 0 aliphatic heterocycles. The number of guanidine groups is 1. The lowest BCUT2D eigenvalue weighted by atomic mass is 9.83. The highest BCUT2D eigenvalue weighted by atomic mass is 127. The van der Waals surface area contributed by atoms with Crippen LogP contribution in [0.15, 0.2) is 29.3 Å². The number of hydrogen-bond donors (Lipinski definition) is 3. The Labute approximate surface area is 211 Å². The van der Waals surface area contributed by atoms with Crippen LogP contribution in [0, 0.1) is 5.41 Å². The zero-order chi connectivity index (χ0) is 22.5. The van der Waals surface area contributed by atoms with Gasteiger partial charge in [-0.3, -0.25) is 4.79 Å². The number of ether oxygens (including phenoxy) is 1. The Balaban J connectivity index is 0.00000512. The normalized spacial score (nSPS) is 15.3. The number of amides is 1. The van der Waals surface area contributed by atoms with Crippen LogP contribution in [0.1, 0.15) is 54.9 Å². The van der Waals surface area contributed by atoms with Crippen molar-refractivity contribution < 1.29 is 9.53 Å². The van der Waals surface area contributed by atoms with Gasteiger partial charge < -0.3 is 25.6 Å². The van der Waals surface area contributed by atoms with E-state index < -0.39 is 0 Å². The number of aliphatic imine (C=N–C) groups is 1. The van der Waals surface area contributed by atoms with Crippen molar-refractivity contribution in [2.24, 2.45) is 10.4 Å². The number of methoxy groups -OCH3 is 1. The number of nitrogens with zero attached hydrogens (tertiary/aromatic N) is 2. The predicted octanol–water partition coefficient (Wildman–Crippen LogP) is 3.25. The average Bonchev–Trinajstić information content (AvgIpc) is 3.23. The molecule has 0 radical (unpaired) electrons. The minimum atomic E-state index is -0.0426. The van der Waals surface area contributed by atoms with Gasteiger partial charge in [-0.1, -0.05) is 25.0 Å². The fourth-order valence-corrected chi connectivity index (χ4v) is 4.05. The second-order valence-electron chi connectivity index (χ2n) is 8.76. The standard InChI is InChI=1S/C24H41N5O2.HI/c1-5-25-23(28-19-24(13-16-31-4)11-6-7-12-24)27-18-20-9-8-10-21(17-20)22(30)26-14-15-29(2)3;/h8-10,17H,5-7,11-16,18-19H2,1-4H3,(H,26,30)(H2,25,27,28);1H. The summed E-state index contributed by atoms with van der Waals surface area (Å²) in [4.78, 5) is 19.2. The molecule has 182 valence electrons. The number of benzene rings is 1. The number of nitrogens with one attached hydrogen (secondary N) is 3. The molecule has 0 heterocycles. The maximum Gasteiger partial charge on any atom is 0.251 e. The molecular formula is C24H42IN5O2. The topological polar surface area (TPSA) is 78.0 Å². The van der Waals surface area contributed by atoms with Crippen LogP contribution in [0.25, 0.3) is 0 Å². The molecule has 0 atom stereocenters. The van der Waals surface area contributed by atoms with Gasteiger partial charge in [-0.15, -0.1) is 24.0 Å². The molecule has 1 aliphatic rings. The lowest BCUT2D eigenvalue weighted by Gasteiger charge is -2.30. The minimum absolute atomic E-state index is 0. The number of halogens is 1. The van der Waals surface area contributed by atoms with Crippen molar-refractivity contribution in [2.45, 2.75) is 45.6 Å². The Morgan fingerprint density at radius 1 is 1.19 bits per heavy atom. The number of carbonyl (C=O) groups excluding carboxylic acids is 1. The molecule has 0 aromatic heterocycles. The Hall–Kier alpha value is -1.39. The average molecular weight is 560 g/mol. The van der Waals surface area contributed by atoms with E-state index in [0.29, 0.717) is 24.1 Å². The highest BCUT2D eigenvalue weighted by molar-refractivity contribution is 14.0.